The molecule has 5 atom stereocenters. The molecule has 1 unspecified atom stereocenters. The third kappa shape index (κ3) is 5.19. The Balaban J connectivity index is 1.62. The van der Waals surface area contributed by atoms with Crippen molar-refractivity contribution in [3.05, 3.63) is 58.9 Å². The molecule has 4 N–H and O–H groups in total. The first-order valence-corrected chi connectivity index (χ1v) is 11.3. The van der Waals surface area contributed by atoms with Crippen LogP contribution in [0.1, 0.15) is 38.7 Å². The van der Waals surface area contributed by atoms with E-state index in [1.54, 1.807) is 61.9 Å². The van der Waals surface area contributed by atoms with Crippen LogP contribution in [0.3, 0.4) is 0 Å². The number of aliphatic hydroxyl groups excluding tert-OH is 3. The summed E-state index contributed by atoms with van der Waals surface area (Å²) in [7, 11) is 1.46. The third-order valence-corrected chi connectivity index (χ3v) is 5.77. The zero-order valence-electron chi connectivity index (χ0n) is 19.7. The Morgan fingerprint density at radius 3 is 2.60 bits per heavy atom. The first-order chi connectivity index (χ1) is 16.5. The largest absolute Gasteiger partial charge is 0.442 e. The van der Waals surface area contributed by atoms with Crippen LogP contribution in [0.2, 0.25) is 5.02 Å². The van der Waals surface area contributed by atoms with Crippen molar-refractivity contribution < 1.29 is 29.6 Å². The first-order valence-electron chi connectivity index (χ1n) is 11.0. The second-order valence-electron chi connectivity index (χ2n) is 9.28. The Labute approximate surface area is 206 Å². The van der Waals surface area contributed by atoms with Gasteiger partial charge in [0.1, 0.15) is 35.7 Å². The number of carbonyl (C=O) groups is 1. The number of halogens is 1. The van der Waals surface area contributed by atoms with E-state index in [0.29, 0.717) is 21.6 Å². The van der Waals surface area contributed by atoms with Crippen LogP contribution in [-0.2, 0) is 9.47 Å². The van der Waals surface area contributed by atoms with Crippen molar-refractivity contribution in [1.29, 1.82) is 0 Å². The summed E-state index contributed by atoms with van der Waals surface area (Å²) in [4.78, 5) is 19.5. The van der Waals surface area contributed by atoms with Crippen LogP contribution in [0.15, 0.2) is 48.0 Å². The summed E-state index contributed by atoms with van der Waals surface area (Å²) in [6.07, 6.45) is -3.59. The van der Waals surface area contributed by atoms with Crippen LogP contribution in [0.4, 0.5) is 4.79 Å². The van der Waals surface area contributed by atoms with Crippen LogP contribution in [0, 0.1) is 0 Å². The zero-order chi connectivity index (χ0) is 25.5. The molecule has 1 aliphatic rings. The Morgan fingerprint density at radius 1 is 1.26 bits per heavy atom. The van der Waals surface area contributed by atoms with E-state index in [4.69, 9.17) is 21.1 Å². The van der Waals surface area contributed by atoms with E-state index < -0.39 is 42.3 Å². The molecule has 0 radical (unpaired) electrons. The molecule has 1 aromatic carbocycles. The number of amides is 1. The van der Waals surface area contributed by atoms with Crippen molar-refractivity contribution >= 4 is 28.7 Å². The van der Waals surface area contributed by atoms with Crippen molar-refractivity contribution in [2.24, 2.45) is 5.10 Å². The molecule has 1 amide bonds. The summed E-state index contributed by atoms with van der Waals surface area (Å²) in [5.74, 6) is 0. The molecule has 11 nitrogen and oxygen atoms in total. The lowest BCUT2D eigenvalue weighted by Gasteiger charge is -2.22. The van der Waals surface area contributed by atoms with Gasteiger partial charge in [0.15, 0.2) is 11.7 Å². The zero-order valence-corrected chi connectivity index (χ0v) is 20.4. The van der Waals surface area contributed by atoms with Gasteiger partial charge in [-0.2, -0.15) is 5.01 Å². The van der Waals surface area contributed by atoms with Gasteiger partial charge in [-0.3, -0.25) is 0 Å². The summed E-state index contributed by atoms with van der Waals surface area (Å²) >= 11 is 5.91. The molecule has 0 aliphatic carbocycles. The molecule has 1 aliphatic heterocycles. The number of ether oxygens (including phenoxy) is 2. The van der Waals surface area contributed by atoms with Gasteiger partial charge in [0.2, 0.25) is 0 Å². The molecule has 3 heterocycles. The standard InChI is InChI=1S/C23H28ClN5O6/c1-23(2,3)35-22(33)28(4)27-19-14-9-10-29(20(14)26-11-25-19)21-17(32)16(31)18(34-21)15(30)12-5-7-13(24)8-6-12/h5-11,15-18,21,30-32H,1-4H3,(H,25,26,27)/t15?,16-,17+,18+,21+/m0/s1. The summed E-state index contributed by atoms with van der Waals surface area (Å²) in [5.41, 5.74) is 0.526. The number of rotatable bonds is 4. The summed E-state index contributed by atoms with van der Waals surface area (Å²) in [6, 6.07) is 8.18. The number of aromatic amines is 1. The Kier molecular flexibility index (Phi) is 6.89. The SMILES string of the molecule is CN(N=c1nc[nH]c2c1ccn2[C@@H]1O[C@H](C(O)c2ccc(Cl)cc2)[C@@H](O)[C@H]1O)C(=O)OC(C)(C)C. The van der Waals surface area contributed by atoms with Crippen molar-refractivity contribution in [2.45, 2.75) is 57.0 Å². The maximum atomic E-state index is 12.3. The highest BCUT2D eigenvalue weighted by molar-refractivity contribution is 6.30. The molecular weight excluding hydrogens is 478 g/mol. The van der Waals surface area contributed by atoms with Crippen LogP contribution >= 0.6 is 11.6 Å². The molecule has 2 aromatic heterocycles. The van der Waals surface area contributed by atoms with Crippen molar-refractivity contribution in [3.8, 4) is 0 Å². The number of hydrogen-bond acceptors (Lipinski definition) is 8. The second-order valence-corrected chi connectivity index (χ2v) is 9.72. The molecule has 4 rings (SSSR count). The molecule has 35 heavy (non-hydrogen) atoms. The Bertz CT molecular complexity index is 1270. The Morgan fingerprint density at radius 2 is 1.94 bits per heavy atom. The molecule has 12 heteroatoms. The average Bonchev–Trinajstić information content (AvgIpc) is 3.34. The van der Waals surface area contributed by atoms with Crippen LogP contribution in [-0.4, -0.2) is 71.9 Å². The van der Waals surface area contributed by atoms with Crippen LogP contribution in [0.25, 0.3) is 11.0 Å². The number of nitrogens with zero attached hydrogens (tertiary/aromatic N) is 4. The number of benzene rings is 1. The summed E-state index contributed by atoms with van der Waals surface area (Å²) < 4.78 is 12.8. The van der Waals surface area contributed by atoms with Gasteiger partial charge in [0, 0.05) is 18.3 Å². The average molecular weight is 506 g/mol. The number of fused-ring (bicyclic) bond motifs is 1. The molecular formula is C23H28ClN5O6. The third-order valence-electron chi connectivity index (χ3n) is 5.52. The summed E-state index contributed by atoms with van der Waals surface area (Å²) in [5, 5.41) is 38.5. The topological polar surface area (TPSA) is 145 Å². The van der Waals surface area contributed by atoms with E-state index in [0.717, 1.165) is 5.01 Å². The normalized spacial score (nSPS) is 24.1. The van der Waals surface area contributed by atoms with E-state index in [1.807, 2.05) is 0 Å². The number of H-pyrrole nitrogens is 1. The fraction of sp³-hybridized carbons (Fsp3) is 0.435. The number of carbonyl (C=O) groups excluding carboxylic acids is 1. The van der Waals surface area contributed by atoms with Crippen LogP contribution in [0.5, 0.6) is 0 Å². The number of nitrogens with one attached hydrogen (secondary N) is 1. The lowest BCUT2D eigenvalue weighted by Crippen LogP contribution is -2.34. The molecule has 0 bridgehead atoms. The van der Waals surface area contributed by atoms with E-state index in [1.165, 1.54) is 13.4 Å². The maximum absolute atomic E-state index is 12.3. The monoisotopic (exact) mass is 505 g/mol. The van der Waals surface area contributed by atoms with Gasteiger partial charge >= 0.3 is 6.09 Å². The predicted molar refractivity (Wildman–Crippen MR) is 126 cm³/mol. The quantitative estimate of drug-likeness (QED) is 0.397. The highest BCUT2D eigenvalue weighted by Crippen LogP contribution is 2.37. The number of aliphatic hydroxyl groups is 3. The lowest BCUT2D eigenvalue weighted by atomic mass is 9.99. The molecule has 1 saturated heterocycles. The van der Waals surface area contributed by atoms with Gasteiger partial charge in [-0.1, -0.05) is 23.7 Å². The minimum Gasteiger partial charge on any atom is -0.442 e. The second kappa shape index (κ2) is 9.59. The minimum atomic E-state index is -1.35. The molecule has 3 aromatic rings. The van der Waals surface area contributed by atoms with Gasteiger partial charge in [-0.15, -0.1) is 5.10 Å². The molecule has 0 spiro atoms. The van der Waals surface area contributed by atoms with Gasteiger partial charge in [-0.05, 0) is 44.5 Å². The molecule has 188 valence electrons. The minimum absolute atomic E-state index is 0.233. The molecule has 0 saturated carbocycles. The maximum Gasteiger partial charge on any atom is 0.430 e. The smallest absolute Gasteiger partial charge is 0.430 e. The number of hydrogen-bond donors (Lipinski definition) is 4. The van der Waals surface area contributed by atoms with Crippen LogP contribution < -0.4 is 5.49 Å². The molecule has 1 fully saturated rings. The van der Waals surface area contributed by atoms with Gasteiger partial charge in [-0.25, -0.2) is 9.78 Å². The highest BCUT2D eigenvalue weighted by Gasteiger charge is 2.47. The predicted octanol–water partition coefficient (Wildman–Crippen LogP) is 2.05. The number of aromatic nitrogens is 3. The van der Waals surface area contributed by atoms with Gasteiger partial charge in [0.25, 0.3) is 0 Å². The van der Waals surface area contributed by atoms with E-state index in [9.17, 15) is 20.1 Å². The summed E-state index contributed by atoms with van der Waals surface area (Å²) in [6.45, 7) is 5.27. The van der Waals surface area contributed by atoms with E-state index in [2.05, 4.69) is 15.1 Å². The van der Waals surface area contributed by atoms with E-state index >= 15 is 0 Å². The lowest BCUT2D eigenvalue weighted by molar-refractivity contribution is -0.0848. The first kappa shape index (κ1) is 25.1. The fourth-order valence-corrected chi connectivity index (χ4v) is 3.96. The van der Waals surface area contributed by atoms with Crippen molar-refractivity contribution in [3.63, 3.8) is 0 Å². The Hall–Kier alpha value is -2.96. The van der Waals surface area contributed by atoms with Gasteiger partial charge in [0.05, 0.1) is 11.7 Å². The van der Waals surface area contributed by atoms with Crippen molar-refractivity contribution in [1.82, 2.24) is 19.5 Å². The van der Waals surface area contributed by atoms with Gasteiger partial charge < -0.3 is 34.3 Å². The van der Waals surface area contributed by atoms with E-state index in [-0.39, 0.29) is 5.49 Å². The highest BCUT2D eigenvalue weighted by atomic mass is 35.5. The van der Waals surface area contributed by atoms with Crippen molar-refractivity contribution in [2.75, 3.05) is 7.05 Å². The fourth-order valence-electron chi connectivity index (χ4n) is 3.83.